The number of nitrogens with one attached hydrogen (secondary N) is 1. The fourth-order valence-corrected chi connectivity index (χ4v) is 2.60. The Hall–Kier alpha value is -2.18. The highest BCUT2D eigenvalue weighted by Gasteiger charge is 2.27. The Morgan fingerprint density at radius 1 is 1.30 bits per heavy atom. The minimum absolute atomic E-state index is 0. The highest BCUT2D eigenvalue weighted by molar-refractivity contribution is 5.92. The van der Waals surface area contributed by atoms with E-state index in [0.717, 1.165) is 19.3 Å². The second-order valence-corrected chi connectivity index (χ2v) is 5.43. The van der Waals surface area contributed by atoms with E-state index in [4.69, 9.17) is 10.5 Å². The SMILES string of the molecule is Cl.NC1CCC(C(=O)Nc2cccc(Oc3cnccn3)c2)C1. The summed E-state index contributed by atoms with van der Waals surface area (Å²) in [6, 6.07) is 7.36. The summed E-state index contributed by atoms with van der Waals surface area (Å²) in [6.45, 7) is 0. The number of rotatable bonds is 4. The first kappa shape index (κ1) is 17.2. The number of carbonyl (C=O) groups excluding carboxylic acids is 1. The largest absolute Gasteiger partial charge is 0.437 e. The lowest BCUT2D eigenvalue weighted by molar-refractivity contribution is -0.119. The van der Waals surface area contributed by atoms with Crippen molar-refractivity contribution in [2.45, 2.75) is 25.3 Å². The Morgan fingerprint density at radius 3 is 2.87 bits per heavy atom. The molecule has 23 heavy (non-hydrogen) atoms. The normalized spacial score (nSPS) is 19.7. The van der Waals surface area contributed by atoms with Crippen molar-refractivity contribution >= 4 is 24.0 Å². The van der Waals surface area contributed by atoms with Crippen LogP contribution in [0.25, 0.3) is 0 Å². The van der Waals surface area contributed by atoms with Gasteiger partial charge >= 0.3 is 0 Å². The van der Waals surface area contributed by atoms with Crippen molar-refractivity contribution in [2.24, 2.45) is 11.7 Å². The molecule has 3 N–H and O–H groups in total. The molecule has 1 aliphatic carbocycles. The van der Waals surface area contributed by atoms with Gasteiger partial charge in [-0.15, -0.1) is 12.4 Å². The highest BCUT2D eigenvalue weighted by Crippen LogP contribution is 2.27. The molecule has 3 rings (SSSR count). The zero-order chi connectivity index (χ0) is 15.4. The van der Waals surface area contributed by atoms with Gasteiger partial charge in [0, 0.05) is 36.1 Å². The van der Waals surface area contributed by atoms with E-state index in [1.54, 1.807) is 24.5 Å². The van der Waals surface area contributed by atoms with E-state index in [0.29, 0.717) is 17.3 Å². The summed E-state index contributed by atoms with van der Waals surface area (Å²) in [5.74, 6) is 1.03. The summed E-state index contributed by atoms with van der Waals surface area (Å²) in [5, 5.41) is 2.92. The molecule has 0 radical (unpaired) electrons. The lowest BCUT2D eigenvalue weighted by Gasteiger charge is -2.12. The van der Waals surface area contributed by atoms with Crippen LogP contribution in [0.2, 0.25) is 0 Å². The third-order valence-corrected chi connectivity index (χ3v) is 3.71. The van der Waals surface area contributed by atoms with Crippen LogP contribution in [0.4, 0.5) is 5.69 Å². The predicted molar refractivity (Wildman–Crippen MR) is 89.7 cm³/mol. The molecule has 0 aliphatic heterocycles. The van der Waals surface area contributed by atoms with Gasteiger partial charge in [0.05, 0.1) is 6.20 Å². The quantitative estimate of drug-likeness (QED) is 0.897. The maximum Gasteiger partial charge on any atom is 0.237 e. The van der Waals surface area contributed by atoms with Gasteiger partial charge in [0.15, 0.2) is 0 Å². The fraction of sp³-hybridized carbons (Fsp3) is 0.312. The predicted octanol–water partition coefficient (Wildman–Crippen LogP) is 2.76. The first-order valence-electron chi connectivity index (χ1n) is 7.31. The van der Waals surface area contributed by atoms with E-state index in [-0.39, 0.29) is 30.3 Å². The van der Waals surface area contributed by atoms with Gasteiger partial charge in [-0.3, -0.25) is 9.78 Å². The monoisotopic (exact) mass is 334 g/mol. The number of nitrogens with zero attached hydrogens (tertiary/aromatic N) is 2. The highest BCUT2D eigenvalue weighted by atomic mass is 35.5. The van der Waals surface area contributed by atoms with Gasteiger partial charge in [-0.1, -0.05) is 6.07 Å². The summed E-state index contributed by atoms with van der Waals surface area (Å²) in [6.07, 6.45) is 7.18. The summed E-state index contributed by atoms with van der Waals surface area (Å²) in [4.78, 5) is 20.2. The minimum atomic E-state index is -0.000403. The molecule has 1 aliphatic rings. The molecule has 1 aromatic carbocycles. The van der Waals surface area contributed by atoms with Crippen molar-refractivity contribution in [2.75, 3.05) is 5.32 Å². The molecule has 2 atom stereocenters. The molecule has 1 fully saturated rings. The number of amides is 1. The Kier molecular flexibility index (Phi) is 5.90. The number of carbonyl (C=O) groups is 1. The lowest BCUT2D eigenvalue weighted by Crippen LogP contribution is -2.23. The number of halogens is 1. The number of benzene rings is 1. The van der Waals surface area contributed by atoms with Gasteiger partial charge in [-0.25, -0.2) is 4.98 Å². The first-order chi connectivity index (χ1) is 10.7. The number of anilines is 1. The maximum absolute atomic E-state index is 12.2. The molecular weight excluding hydrogens is 316 g/mol. The first-order valence-corrected chi connectivity index (χ1v) is 7.31. The molecule has 1 heterocycles. The van der Waals surface area contributed by atoms with E-state index in [9.17, 15) is 4.79 Å². The minimum Gasteiger partial charge on any atom is -0.437 e. The number of aromatic nitrogens is 2. The topological polar surface area (TPSA) is 90.1 Å². The zero-order valence-electron chi connectivity index (χ0n) is 12.5. The third-order valence-electron chi connectivity index (χ3n) is 3.71. The van der Waals surface area contributed by atoms with Crippen LogP contribution in [0, 0.1) is 5.92 Å². The van der Waals surface area contributed by atoms with Crippen LogP contribution >= 0.6 is 12.4 Å². The van der Waals surface area contributed by atoms with Crippen molar-refractivity contribution in [1.82, 2.24) is 9.97 Å². The van der Waals surface area contributed by atoms with Crippen LogP contribution in [0.3, 0.4) is 0 Å². The molecule has 1 aromatic heterocycles. The Labute approximate surface area is 140 Å². The average molecular weight is 335 g/mol. The molecule has 6 nitrogen and oxygen atoms in total. The van der Waals surface area contributed by atoms with Crippen molar-refractivity contribution in [1.29, 1.82) is 0 Å². The van der Waals surface area contributed by atoms with Crippen LogP contribution in [0.1, 0.15) is 19.3 Å². The van der Waals surface area contributed by atoms with Crippen LogP contribution < -0.4 is 15.8 Å². The van der Waals surface area contributed by atoms with E-state index in [1.165, 1.54) is 6.20 Å². The molecular formula is C16H19ClN4O2. The summed E-state index contributed by atoms with van der Waals surface area (Å²) in [5.41, 5.74) is 6.55. The second-order valence-electron chi connectivity index (χ2n) is 5.43. The van der Waals surface area contributed by atoms with Crippen LogP contribution in [-0.2, 0) is 4.79 Å². The Morgan fingerprint density at radius 2 is 2.17 bits per heavy atom. The van der Waals surface area contributed by atoms with Gasteiger partial charge in [0.25, 0.3) is 0 Å². The molecule has 0 saturated heterocycles. The molecule has 0 bridgehead atoms. The Balaban J connectivity index is 0.00000192. The molecule has 2 unspecified atom stereocenters. The van der Waals surface area contributed by atoms with E-state index in [2.05, 4.69) is 15.3 Å². The van der Waals surface area contributed by atoms with Gasteiger partial charge in [0.2, 0.25) is 11.8 Å². The van der Waals surface area contributed by atoms with Gasteiger partial charge < -0.3 is 15.8 Å². The third kappa shape index (κ3) is 4.64. The maximum atomic E-state index is 12.2. The van der Waals surface area contributed by atoms with E-state index >= 15 is 0 Å². The van der Waals surface area contributed by atoms with Crippen LogP contribution in [0.5, 0.6) is 11.6 Å². The van der Waals surface area contributed by atoms with Gasteiger partial charge in [-0.2, -0.15) is 0 Å². The standard InChI is InChI=1S/C16H18N4O2.ClH/c17-12-5-4-11(8-12)16(21)20-13-2-1-3-14(9-13)22-15-10-18-6-7-19-15;/h1-3,6-7,9-12H,4-5,8,17H2,(H,20,21);1H. The summed E-state index contributed by atoms with van der Waals surface area (Å²) in [7, 11) is 0. The number of ether oxygens (including phenoxy) is 1. The van der Waals surface area contributed by atoms with Crippen LogP contribution in [-0.4, -0.2) is 21.9 Å². The fourth-order valence-electron chi connectivity index (χ4n) is 2.60. The molecule has 122 valence electrons. The van der Waals surface area contributed by atoms with Crippen LogP contribution in [0.15, 0.2) is 42.9 Å². The molecule has 1 saturated carbocycles. The molecule has 1 amide bonds. The van der Waals surface area contributed by atoms with Gasteiger partial charge in [0.1, 0.15) is 5.75 Å². The van der Waals surface area contributed by atoms with E-state index in [1.807, 2.05) is 12.1 Å². The zero-order valence-corrected chi connectivity index (χ0v) is 13.3. The van der Waals surface area contributed by atoms with E-state index < -0.39 is 0 Å². The number of hydrogen-bond acceptors (Lipinski definition) is 5. The van der Waals surface area contributed by atoms with Crippen molar-refractivity contribution < 1.29 is 9.53 Å². The lowest BCUT2D eigenvalue weighted by atomic mass is 10.1. The molecule has 0 spiro atoms. The average Bonchev–Trinajstić information content (AvgIpc) is 2.95. The summed E-state index contributed by atoms with van der Waals surface area (Å²) < 4.78 is 5.60. The van der Waals surface area contributed by atoms with Crippen molar-refractivity contribution in [3.05, 3.63) is 42.9 Å². The van der Waals surface area contributed by atoms with Crippen molar-refractivity contribution in [3.8, 4) is 11.6 Å². The van der Waals surface area contributed by atoms with Gasteiger partial charge in [-0.05, 0) is 31.4 Å². The number of hydrogen-bond donors (Lipinski definition) is 2. The molecule has 7 heteroatoms. The second kappa shape index (κ2) is 7.89. The Bertz CT molecular complexity index is 654. The summed E-state index contributed by atoms with van der Waals surface area (Å²) >= 11 is 0. The molecule has 2 aromatic rings. The smallest absolute Gasteiger partial charge is 0.237 e. The number of nitrogens with two attached hydrogens (primary N) is 1. The van der Waals surface area contributed by atoms with Crippen molar-refractivity contribution in [3.63, 3.8) is 0 Å².